The summed E-state index contributed by atoms with van der Waals surface area (Å²) in [5.41, 5.74) is 3.62. The average Bonchev–Trinajstić information content (AvgIpc) is 2.97. The van der Waals surface area contributed by atoms with E-state index in [2.05, 4.69) is 10.3 Å². The summed E-state index contributed by atoms with van der Waals surface area (Å²) in [6.45, 7) is 2.38. The molecule has 0 atom stereocenters. The zero-order chi connectivity index (χ0) is 14.7. The second-order valence-corrected chi connectivity index (χ2v) is 4.81. The van der Waals surface area contributed by atoms with Gasteiger partial charge in [0.2, 0.25) is 11.8 Å². The lowest BCUT2D eigenvalue weighted by molar-refractivity contribution is -0.120. The monoisotopic (exact) mass is 280 g/mol. The van der Waals surface area contributed by atoms with E-state index in [1.807, 2.05) is 55.5 Å². The van der Waals surface area contributed by atoms with E-state index in [4.69, 9.17) is 4.42 Å². The van der Waals surface area contributed by atoms with Crippen LogP contribution in [0, 0.1) is 0 Å². The second-order valence-electron chi connectivity index (χ2n) is 4.81. The fraction of sp³-hybridized carbons (Fsp3) is 0.176. The van der Waals surface area contributed by atoms with Crippen molar-refractivity contribution in [2.24, 2.45) is 0 Å². The first kappa shape index (κ1) is 13.4. The summed E-state index contributed by atoms with van der Waals surface area (Å²) in [4.78, 5) is 15.7. The Bertz CT molecular complexity index is 727. The Labute approximate surface area is 122 Å². The minimum atomic E-state index is 0.0537. The molecule has 0 spiro atoms. The number of oxazole rings is 1. The Hall–Kier alpha value is -2.62. The summed E-state index contributed by atoms with van der Waals surface area (Å²) in [6.07, 6.45) is 0.501. The minimum absolute atomic E-state index is 0.0537. The van der Waals surface area contributed by atoms with Gasteiger partial charge in [-0.2, -0.15) is 0 Å². The summed E-state index contributed by atoms with van der Waals surface area (Å²) in [6, 6.07) is 15.6. The maximum Gasteiger partial charge on any atom is 0.227 e. The maximum absolute atomic E-state index is 11.2. The normalized spacial score (nSPS) is 10.7. The molecule has 106 valence electrons. The molecular formula is C17H16N2O2. The average molecular weight is 280 g/mol. The summed E-state index contributed by atoms with van der Waals surface area (Å²) >= 11 is 0. The number of rotatable bonds is 4. The van der Waals surface area contributed by atoms with Gasteiger partial charge < -0.3 is 9.73 Å². The smallest absolute Gasteiger partial charge is 0.227 e. The van der Waals surface area contributed by atoms with Crippen LogP contribution in [-0.2, 0) is 11.3 Å². The fourth-order valence-corrected chi connectivity index (χ4v) is 2.09. The van der Waals surface area contributed by atoms with Gasteiger partial charge in [0, 0.05) is 18.5 Å². The van der Waals surface area contributed by atoms with Crippen molar-refractivity contribution in [2.75, 3.05) is 0 Å². The second kappa shape index (κ2) is 5.79. The Morgan fingerprint density at radius 2 is 1.90 bits per heavy atom. The van der Waals surface area contributed by atoms with Crippen molar-refractivity contribution in [1.82, 2.24) is 10.3 Å². The van der Waals surface area contributed by atoms with Crippen LogP contribution in [0.25, 0.3) is 22.6 Å². The summed E-state index contributed by atoms with van der Waals surface area (Å²) in [5, 5.41) is 2.85. The molecule has 0 bridgehead atoms. The third kappa shape index (κ3) is 2.94. The highest BCUT2D eigenvalue weighted by atomic mass is 16.3. The van der Waals surface area contributed by atoms with Crippen LogP contribution in [0.2, 0.25) is 0 Å². The predicted octanol–water partition coefficient (Wildman–Crippen LogP) is 3.52. The number of nitrogens with zero attached hydrogens (tertiary/aromatic N) is 1. The highest BCUT2D eigenvalue weighted by Crippen LogP contribution is 2.24. The molecule has 0 saturated carbocycles. The molecule has 1 aromatic heterocycles. The molecule has 0 radical (unpaired) electrons. The van der Waals surface area contributed by atoms with Crippen LogP contribution in [-0.4, -0.2) is 10.9 Å². The van der Waals surface area contributed by atoms with Gasteiger partial charge in [0.25, 0.3) is 0 Å². The molecule has 1 heterocycles. The Morgan fingerprint density at radius 3 is 2.62 bits per heavy atom. The molecule has 1 amide bonds. The molecule has 4 nitrogen and oxygen atoms in total. The van der Waals surface area contributed by atoms with E-state index in [9.17, 15) is 4.79 Å². The number of para-hydroxylation sites is 2. The highest BCUT2D eigenvalue weighted by molar-refractivity contribution is 5.76. The topological polar surface area (TPSA) is 55.1 Å². The number of benzene rings is 2. The zero-order valence-corrected chi connectivity index (χ0v) is 11.8. The van der Waals surface area contributed by atoms with Gasteiger partial charge in [-0.1, -0.05) is 31.2 Å². The van der Waals surface area contributed by atoms with E-state index in [1.165, 1.54) is 0 Å². The molecule has 0 unspecified atom stereocenters. The number of carbonyl (C=O) groups excluding carboxylic acids is 1. The van der Waals surface area contributed by atoms with Gasteiger partial charge in [-0.05, 0) is 29.8 Å². The number of amides is 1. The number of fused-ring (bicyclic) bond motifs is 1. The van der Waals surface area contributed by atoms with Crippen molar-refractivity contribution in [3.63, 3.8) is 0 Å². The molecular weight excluding hydrogens is 264 g/mol. The van der Waals surface area contributed by atoms with Gasteiger partial charge in [0.15, 0.2) is 5.58 Å². The van der Waals surface area contributed by atoms with Crippen LogP contribution in [0.5, 0.6) is 0 Å². The standard InChI is InChI=1S/C17H16N2O2/c1-2-16(20)18-11-12-7-9-13(10-8-12)17-19-14-5-3-4-6-15(14)21-17/h3-10H,2,11H2,1H3,(H,18,20). The van der Waals surface area contributed by atoms with Gasteiger partial charge in [0.05, 0.1) is 0 Å². The van der Waals surface area contributed by atoms with Crippen LogP contribution in [0.15, 0.2) is 52.9 Å². The Kier molecular flexibility index (Phi) is 3.69. The fourth-order valence-electron chi connectivity index (χ4n) is 2.09. The quantitative estimate of drug-likeness (QED) is 0.795. The van der Waals surface area contributed by atoms with Gasteiger partial charge in [0.1, 0.15) is 5.52 Å². The van der Waals surface area contributed by atoms with Crippen molar-refractivity contribution in [3.05, 3.63) is 54.1 Å². The molecule has 1 N–H and O–H groups in total. The van der Waals surface area contributed by atoms with Crippen LogP contribution in [0.3, 0.4) is 0 Å². The highest BCUT2D eigenvalue weighted by Gasteiger charge is 2.07. The largest absolute Gasteiger partial charge is 0.436 e. The van der Waals surface area contributed by atoms with Gasteiger partial charge in [-0.3, -0.25) is 4.79 Å². The predicted molar refractivity (Wildman–Crippen MR) is 81.6 cm³/mol. The van der Waals surface area contributed by atoms with Crippen molar-refractivity contribution in [2.45, 2.75) is 19.9 Å². The van der Waals surface area contributed by atoms with Crippen molar-refractivity contribution >= 4 is 17.0 Å². The maximum atomic E-state index is 11.2. The van der Waals surface area contributed by atoms with Crippen LogP contribution >= 0.6 is 0 Å². The third-order valence-corrected chi connectivity index (χ3v) is 3.31. The number of aromatic nitrogens is 1. The number of nitrogens with one attached hydrogen (secondary N) is 1. The molecule has 3 aromatic rings. The molecule has 2 aromatic carbocycles. The van der Waals surface area contributed by atoms with Crippen LogP contribution in [0.4, 0.5) is 0 Å². The summed E-state index contributed by atoms with van der Waals surface area (Å²) in [5.74, 6) is 0.665. The Balaban J connectivity index is 1.78. The summed E-state index contributed by atoms with van der Waals surface area (Å²) in [7, 11) is 0. The van der Waals surface area contributed by atoms with E-state index in [1.54, 1.807) is 0 Å². The van der Waals surface area contributed by atoms with E-state index in [-0.39, 0.29) is 5.91 Å². The van der Waals surface area contributed by atoms with Crippen LogP contribution < -0.4 is 5.32 Å². The van der Waals surface area contributed by atoms with E-state index in [0.717, 1.165) is 22.2 Å². The number of hydrogen-bond donors (Lipinski definition) is 1. The molecule has 4 heteroatoms. The van der Waals surface area contributed by atoms with Gasteiger partial charge in [-0.25, -0.2) is 4.98 Å². The third-order valence-electron chi connectivity index (χ3n) is 3.31. The minimum Gasteiger partial charge on any atom is -0.436 e. The summed E-state index contributed by atoms with van der Waals surface area (Å²) < 4.78 is 5.73. The van der Waals surface area contributed by atoms with E-state index in [0.29, 0.717) is 18.9 Å². The molecule has 21 heavy (non-hydrogen) atoms. The Morgan fingerprint density at radius 1 is 1.14 bits per heavy atom. The van der Waals surface area contributed by atoms with Gasteiger partial charge in [-0.15, -0.1) is 0 Å². The number of hydrogen-bond acceptors (Lipinski definition) is 3. The molecule has 0 saturated heterocycles. The van der Waals surface area contributed by atoms with E-state index < -0.39 is 0 Å². The van der Waals surface area contributed by atoms with Crippen molar-refractivity contribution in [1.29, 1.82) is 0 Å². The van der Waals surface area contributed by atoms with Crippen LogP contribution in [0.1, 0.15) is 18.9 Å². The molecule has 0 aliphatic heterocycles. The van der Waals surface area contributed by atoms with Crippen molar-refractivity contribution in [3.8, 4) is 11.5 Å². The first-order valence-electron chi connectivity index (χ1n) is 6.98. The number of carbonyl (C=O) groups is 1. The molecule has 3 rings (SSSR count). The SMILES string of the molecule is CCC(=O)NCc1ccc(-c2nc3ccccc3o2)cc1. The van der Waals surface area contributed by atoms with Crippen molar-refractivity contribution < 1.29 is 9.21 Å². The lowest BCUT2D eigenvalue weighted by atomic mass is 10.1. The first-order chi connectivity index (χ1) is 10.3. The zero-order valence-electron chi connectivity index (χ0n) is 11.8. The lowest BCUT2D eigenvalue weighted by Crippen LogP contribution is -2.21. The van der Waals surface area contributed by atoms with E-state index >= 15 is 0 Å². The molecule has 0 aliphatic rings. The first-order valence-corrected chi connectivity index (χ1v) is 6.98. The molecule has 0 fully saturated rings. The van der Waals surface area contributed by atoms with Gasteiger partial charge >= 0.3 is 0 Å². The lowest BCUT2D eigenvalue weighted by Gasteiger charge is -2.04. The molecule has 0 aliphatic carbocycles.